The first-order chi connectivity index (χ1) is 15.1. The van der Waals surface area contributed by atoms with E-state index in [9.17, 15) is 26.7 Å². The molecule has 0 radical (unpaired) electrons. The van der Waals surface area contributed by atoms with Gasteiger partial charge in [0.1, 0.15) is 18.3 Å². The molecule has 0 amide bonds. The first-order valence-electron chi connectivity index (χ1n) is 9.76. The summed E-state index contributed by atoms with van der Waals surface area (Å²) in [6.07, 6.45) is -6.27. The average molecular weight is 474 g/mol. The van der Waals surface area contributed by atoms with Crippen LogP contribution in [0.25, 0.3) is 0 Å². The van der Waals surface area contributed by atoms with Gasteiger partial charge in [0.25, 0.3) is 14.8 Å². The molecule has 5 atom stereocenters. The van der Waals surface area contributed by atoms with Crippen molar-refractivity contribution in [1.29, 1.82) is 0 Å². The fraction of sp³-hybridized carbons (Fsp3) is 0.429. The van der Waals surface area contributed by atoms with Crippen LogP contribution in [0, 0.1) is 0 Å². The lowest BCUT2D eigenvalue weighted by Gasteiger charge is -2.45. The van der Waals surface area contributed by atoms with Crippen molar-refractivity contribution >= 4 is 9.84 Å². The molecule has 2 heterocycles. The Balaban J connectivity index is 1.69. The second-order valence-electron chi connectivity index (χ2n) is 7.52. The fourth-order valence-corrected chi connectivity index (χ4v) is 5.03. The van der Waals surface area contributed by atoms with E-state index in [4.69, 9.17) is 18.9 Å². The highest BCUT2D eigenvalue weighted by Gasteiger charge is 2.73. The Morgan fingerprint density at radius 2 is 1.50 bits per heavy atom. The Bertz CT molecular complexity index is 1020. The van der Waals surface area contributed by atoms with Gasteiger partial charge in [-0.1, -0.05) is 60.7 Å². The Morgan fingerprint density at radius 3 is 2.03 bits per heavy atom. The Hall–Kier alpha value is -2.02. The van der Waals surface area contributed by atoms with Crippen molar-refractivity contribution in [2.24, 2.45) is 0 Å². The van der Waals surface area contributed by atoms with Crippen LogP contribution < -0.4 is 0 Å². The van der Waals surface area contributed by atoms with Crippen molar-refractivity contribution in [3.05, 3.63) is 71.8 Å². The van der Waals surface area contributed by atoms with Crippen molar-refractivity contribution in [2.75, 3.05) is 6.61 Å². The lowest BCUT2D eigenvalue weighted by Crippen LogP contribution is -2.69. The van der Waals surface area contributed by atoms with Crippen molar-refractivity contribution < 1.29 is 45.6 Å². The minimum Gasteiger partial charge on any atom is -0.368 e. The minimum absolute atomic E-state index is 0.0661. The number of halogens is 3. The van der Waals surface area contributed by atoms with Gasteiger partial charge in [-0.15, -0.1) is 0 Å². The van der Waals surface area contributed by atoms with Crippen LogP contribution in [-0.2, 0) is 42.0 Å². The van der Waals surface area contributed by atoms with E-state index in [1.165, 1.54) is 0 Å². The fourth-order valence-electron chi connectivity index (χ4n) is 3.77. The van der Waals surface area contributed by atoms with Crippen LogP contribution in [0.1, 0.15) is 11.1 Å². The molecule has 32 heavy (non-hydrogen) atoms. The van der Waals surface area contributed by atoms with Gasteiger partial charge in [0.2, 0.25) is 6.29 Å². The molecular weight excluding hydrogens is 453 g/mol. The highest BCUT2D eigenvalue weighted by atomic mass is 32.2. The molecule has 0 spiro atoms. The molecule has 2 fully saturated rings. The summed E-state index contributed by atoms with van der Waals surface area (Å²) in [6.45, 7) is -0.583. The van der Waals surface area contributed by atoms with Gasteiger partial charge in [-0.25, -0.2) is 8.42 Å². The maximum absolute atomic E-state index is 13.5. The topological polar surface area (TPSA) is 91.3 Å². The van der Waals surface area contributed by atoms with E-state index in [1.54, 1.807) is 60.7 Å². The minimum atomic E-state index is -6.20. The molecule has 174 valence electrons. The van der Waals surface area contributed by atoms with E-state index in [2.05, 4.69) is 0 Å². The van der Waals surface area contributed by atoms with E-state index in [-0.39, 0.29) is 19.8 Å². The van der Waals surface area contributed by atoms with Gasteiger partial charge in [-0.05, 0) is 11.1 Å². The molecule has 7 nitrogen and oxygen atoms in total. The molecule has 11 heteroatoms. The third kappa shape index (κ3) is 4.04. The monoisotopic (exact) mass is 474 g/mol. The highest BCUT2D eigenvalue weighted by molar-refractivity contribution is 7.93. The smallest absolute Gasteiger partial charge is 0.368 e. The van der Waals surface area contributed by atoms with Crippen LogP contribution in [0.15, 0.2) is 60.7 Å². The van der Waals surface area contributed by atoms with Crippen molar-refractivity contribution in [3.63, 3.8) is 0 Å². The second kappa shape index (κ2) is 8.73. The summed E-state index contributed by atoms with van der Waals surface area (Å²) in [5.41, 5.74) is -4.51. The highest BCUT2D eigenvalue weighted by Crippen LogP contribution is 2.47. The van der Waals surface area contributed by atoms with Gasteiger partial charge in [-0.2, -0.15) is 13.2 Å². The maximum Gasteiger partial charge on any atom is 0.500 e. The third-order valence-electron chi connectivity index (χ3n) is 5.41. The third-order valence-corrected chi connectivity index (χ3v) is 7.31. The van der Waals surface area contributed by atoms with Crippen LogP contribution in [0.2, 0.25) is 0 Å². The molecular formula is C21H21F3O7S. The van der Waals surface area contributed by atoms with E-state index in [1.807, 2.05) is 0 Å². The standard InChI is InChI=1S/C21H21F3O7S/c22-21(23,24)32(26,27)20(25)18(29-12-15-9-5-2-6-10-15)17(16-13-30-19(20)31-16)28-11-14-7-3-1-4-8-14/h1-10,16-19,25H,11-13H2/t16-,17-,18+,19-,20-/m1/s1. The van der Waals surface area contributed by atoms with Crippen molar-refractivity contribution in [1.82, 2.24) is 0 Å². The molecule has 1 N–H and O–H groups in total. The van der Waals surface area contributed by atoms with Crippen LogP contribution in [0.3, 0.4) is 0 Å². The first-order valence-corrected chi connectivity index (χ1v) is 11.2. The van der Waals surface area contributed by atoms with Crippen LogP contribution in [0.5, 0.6) is 0 Å². The van der Waals surface area contributed by atoms with Gasteiger partial charge >= 0.3 is 5.51 Å². The molecule has 2 aromatic rings. The summed E-state index contributed by atoms with van der Waals surface area (Å²) in [7, 11) is -6.20. The summed E-state index contributed by atoms with van der Waals surface area (Å²) in [4.78, 5) is -3.56. The number of alkyl halides is 3. The lowest BCUT2D eigenvalue weighted by molar-refractivity contribution is -0.273. The van der Waals surface area contributed by atoms with Crippen LogP contribution in [0.4, 0.5) is 13.2 Å². The van der Waals surface area contributed by atoms with Gasteiger partial charge < -0.3 is 24.1 Å². The zero-order valence-electron chi connectivity index (χ0n) is 16.6. The summed E-state index contributed by atoms with van der Waals surface area (Å²) in [5, 5.41) is 11.1. The number of benzene rings is 2. The number of sulfone groups is 1. The Kier molecular flexibility index (Phi) is 6.31. The molecule has 4 rings (SSSR count). The number of fused-ring (bicyclic) bond motifs is 2. The predicted molar refractivity (Wildman–Crippen MR) is 105 cm³/mol. The van der Waals surface area contributed by atoms with Gasteiger partial charge in [0, 0.05) is 0 Å². The number of hydrogen-bond donors (Lipinski definition) is 1. The number of ether oxygens (including phenoxy) is 4. The van der Waals surface area contributed by atoms with E-state index < -0.39 is 44.9 Å². The maximum atomic E-state index is 13.5. The molecule has 0 saturated carbocycles. The van der Waals surface area contributed by atoms with Crippen LogP contribution >= 0.6 is 0 Å². The quantitative estimate of drug-likeness (QED) is 0.660. The van der Waals surface area contributed by atoms with Crippen LogP contribution in [-0.4, -0.2) is 55.2 Å². The zero-order chi connectivity index (χ0) is 23.0. The largest absolute Gasteiger partial charge is 0.500 e. The number of rotatable bonds is 7. The molecule has 2 bridgehead atoms. The van der Waals surface area contributed by atoms with Crippen molar-refractivity contribution in [2.45, 2.75) is 48.3 Å². The molecule has 2 aromatic carbocycles. The molecule has 2 aliphatic heterocycles. The van der Waals surface area contributed by atoms with E-state index in [0.29, 0.717) is 11.1 Å². The lowest BCUT2D eigenvalue weighted by atomic mass is 9.99. The summed E-state index contributed by atoms with van der Waals surface area (Å²) in [5.74, 6) is 0. The summed E-state index contributed by atoms with van der Waals surface area (Å²) in [6, 6.07) is 17.2. The van der Waals surface area contributed by atoms with Crippen molar-refractivity contribution in [3.8, 4) is 0 Å². The van der Waals surface area contributed by atoms with Gasteiger partial charge in [0.15, 0.2) is 0 Å². The van der Waals surface area contributed by atoms with E-state index >= 15 is 0 Å². The predicted octanol–water partition coefficient (Wildman–Crippen LogP) is 2.54. The number of hydrogen-bond acceptors (Lipinski definition) is 7. The SMILES string of the molecule is O=S(=O)(C(F)(F)F)[C@@]1(O)[C@@H]2OC[C@@H](O2)[C@@H](OCc2ccccc2)[C@@H]1OCc1ccccc1. The molecule has 0 aromatic heterocycles. The number of aliphatic hydroxyl groups is 1. The molecule has 0 unspecified atom stereocenters. The second-order valence-corrected chi connectivity index (χ2v) is 9.64. The Labute approximate surface area is 182 Å². The Morgan fingerprint density at radius 1 is 0.969 bits per heavy atom. The molecule has 2 aliphatic rings. The average Bonchev–Trinajstić information content (AvgIpc) is 3.22. The molecule has 0 aliphatic carbocycles. The summed E-state index contributed by atoms with van der Waals surface area (Å²) >= 11 is 0. The van der Waals surface area contributed by atoms with Gasteiger partial charge in [-0.3, -0.25) is 0 Å². The normalized spacial score (nSPS) is 30.4. The first kappa shape index (κ1) is 23.1. The summed E-state index contributed by atoms with van der Waals surface area (Å²) < 4.78 is 87.5. The molecule has 2 saturated heterocycles. The zero-order valence-corrected chi connectivity index (χ0v) is 17.5. The van der Waals surface area contributed by atoms with Gasteiger partial charge in [0.05, 0.1) is 19.8 Å². The van der Waals surface area contributed by atoms with E-state index in [0.717, 1.165) is 0 Å².